The quantitative estimate of drug-likeness (QED) is 0.729. The van der Waals surface area contributed by atoms with Crippen molar-refractivity contribution in [3.63, 3.8) is 0 Å². The van der Waals surface area contributed by atoms with E-state index >= 15 is 0 Å². The molecule has 116 valence electrons. The molecule has 0 radical (unpaired) electrons. The smallest absolute Gasteiger partial charge is 0.0124 e. The van der Waals surface area contributed by atoms with Gasteiger partial charge < -0.3 is 10.2 Å². The third-order valence-electron chi connectivity index (χ3n) is 5.71. The zero-order valence-electron chi connectivity index (χ0n) is 13.4. The fraction of sp³-hybridized carbons (Fsp3) is 1.00. The van der Waals surface area contributed by atoms with Gasteiger partial charge in [0.1, 0.15) is 0 Å². The zero-order chi connectivity index (χ0) is 13.8. The van der Waals surface area contributed by atoms with Gasteiger partial charge in [-0.1, -0.05) is 19.8 Å². The second-order valence-electron chi connectivity index (χ2n) is 7.58. The van der Waals surface area contributed by atoms with Crippen LogP contribution >= 0.6 is 0 Å². The molecule has 1 aliphatic heterocycles. The third-order valence-corrected chi connectivity index (χ3v) is 5.71. The summed E-state index contributed by atoms with van der Waals surface area (Å²) in [6.07, 6.45) is 13.2. The Labute approximate surface area is 125 Å². The van der Waals surface area contributed by atoms with E-state index in [9.17, 15) is 0 Å². The van der Waals surface area contributed by atoms with E-state index in [1.807, 2.05) is 0 Å². The Morgan fingerprint density at radius 2 is 1.75 bits per heavy atom. The molecule has 0 bridgehead atoms. The average molecular weight is 278 g/mol. The van der Waals surface area contributed by atoms with E-state index in [0.29, 0.717) is 0 Å². The molecule has 3 rings (SSSR count). The highest BCUT2D eigenvalue weighted by Crippen LogP contribution is 2.44. The molecule has 1 heterocycles. The molecule has 1 N–H and O–H groups in total. The Hall–Kier alpha value is -0.0800. The summed E-state index contributed by atoms with van der Waals surface area (Å²) in [5.74, 6) is 3.10. The molecule has 0 aromatic heterocycles. The Morgan fingerprint density at radius 1 is 1.00 bits per heavy atom. The zero-order valence-corrected chi connectivity index (χ0v) is 13.4. The molecule has 0 aromatic carbocycles. The van der Waals surface area contributed by atoms with Crippen LogP contribution in [0.2, 0.25) is 0 Å². The molecule has 2 heteroatoms. The summed E-state index contributed by atoms with van der Waals surface area (Å²) in [5, 5.41) is 3.91. The van der Waals surface area contributed by atoms with Crippen molar-refractivity contribution in [2.45, 2.75) is 70.8 Å². The molecule has 0 aromatic rings. The van der Waals surface area contributed by atoms with Gasteiger partial charge in [-0.25, -0.2) is 0 Å². The summed E-state index contributed by atoms with van der Waals surface area (Å²) in [4.78, 5) is 2.72. The Bertz CT molecular complexity index is 271. The second kappa shape index (κ2) is 7.26. The summed E-state index contributed by atoms with van der Waals surface area (Å²) < 4.78 is 0. The maximum absolute atomic E-state index is 3.91. The van der Waals surface area contributed by atoms with Gasteiger partial charge in [0.25, 0.3) is 0 Å². The summed E-state index contributed by atoms with van der Waals surface area (Å²) in [6, 6.07) is 0.884. The van der Waals surface area contributed by atoms with Crippen LogP contribution in [0.1, 0.15) is 64.7 Å². The lowest BCUT2D eigenvalue weighted by atomic mass is 9.96. The Balaban J connectivity index is 1.33. The van der Waals surface area contributed by atoms with Crippen LogP contribution in [0.15, 0.2) is 0 Å². The van der Waals surface area contributed by atoms with Gasteiger partial charge in [-0.2, -0.15) is 0 Å². The standard InChI is InChI=1S/C18H34N2/c1-2-4-15-5-3-12-20(13-10-15)14-11-19-18(16-6-7-16)17-8-9-17/h15-19H,2-14H2,1H3. The molecule has 0 spiro atoms. The first-order valence-corrected chi connectivity index (χ1v) is 9.32. The molecule has 2 saturated carbocycles. The van der Waals surface area contributed by atoms with E-state index in [4.69, 9.17) is 0 Å². The topological polar surface area (TPSA) is 15.3 Å². The van der Waals surface area contributed by atoms with Gasteiger partial charge in [0.2, 0.25) is 0 Å². The maximum atomic E-state index is 3.91. The molecular weight excluding hydrogens is 244 g/mol. The van der Waals surface area contributed by atoms with E-state index in [0.717, 1.165) is 23.8 Å². The first-order chi connectivity index (χ1) is 9.86. The number of hydrogen-bond acceptors (Lipinski definition) is 2. The van der Waals surface area contributed by atoms with Gasteiger partial charge in [-0.3, -0.25) is 0 Å². The molecule has 1 atom stereocenters. The summed E-state index contributed by atoms with van der Waals surface area (Å²) in [6.45, 7) is 7.55. The van der Waals surface area contributed by atoms with Crippen molar-refractivity contribution in [1.29, 1.82) is 0 Å². The van der Waals surface area contributed by atoms with Gasteiger partial charge >= 0.3 is 0 Å². The van der Waals surface area contributed by atoms with Crippen molar-refractivity contribution >= 4 is 0 Å². The van der Waals surface area contributed by atoms with Crippen LogP contribution in [0, 0.1) is 17.8 Å². The first kappa shape index (κ1) is 14.8. The summed E-state index contributed by atoms with van der Waals surface area (Å²) in [5.41, 5.74) is 0. The number of nitrogens with one attached hydrogen (secondary N) is 1. The van der Waals surface area contributed by atoms with Crippen molar-refractivity contribution in [3.05, 3.63) is 0 Å². The number of nitrogens with zero attached hydrogens (tertiary/aromatic N) is 1. The van der Waals surface area contributed by atoms with E-state index in [1.165, 1.54) is 84.0 Å². The van der Waals surface area contributed by atoms with Crippen LogP contribution in [0.25, 0.3) is 0 Å². The lowest BCUT2D eigenvalue weighted by molar-refractivity contribution is 0.268. The van der Waals surface area contributed by atoms with Gasteiger partial charge in [0, 0.05) is 19.1 Å². The summed E-state index contributed by atoms with van der Waals surface area (Å²) >= 11 is 0. The van der Waals surface area contributed by atoms with Gasteiger partial charge in [-0.05, 0) is 75.8 Å². The van der Waals surface area contributed by atoms with Crippen LogP contribution in [-0.2, 0) is 0 Å². The molecule has 1 saturated heterocycles. The largest absolute Gasteiger partial charge is 0.312 e. The highest BCUT2D eigenvalue weighted by molar-refractivity contribution is 4.96. The minimum absolute atomic E-state index is 0.884. The van der Waals surface area contributed by atoms with Gasteiger partial charge in [-0.15, -0.1) is 0 Å². The van der Waals surface area contributed by atoms with Gasteiger partial charge in [0.15, 0.2) is 0 Å². The van der Waals surface area contributed by atoms with Crippen molar-refractivity contribution in [3.8, 4) is 0 Å². The molecule has 3 aliphatic rings. The fourth-order valence-electron chi connectivity index (χ4n) is 4.16. The molecule has 1 unspecified atom stereocenters. The number of rotatable bonds is 8. The van der Waals surface area contributed by atoms with Crippen LogP contribution in [0.4, 0.5) is 0 Å². The highest BCUT2D eigenvalue weighted by Gasteiger charge is 2.40. The lowest BCUT2D eigenvalue weighted by Gasteiger charge is -2.23. The van der Waals surface area contributed by atoms with Crippen molar-refractivity contribution in [2.24, 2.45) is 17.8 Å². The fourth-order valence-corrected chi connectivity index (χ4v) is 4.16. The minimum atomic E-state index is 0.884. The highest BCUT2D eigenvalue weighted by atomic mass is 15.1. The van der Waals surface area contributed by atoms with E-state index in [-0.39, 0.29) is 0 Å². The second-order valence-corrected chi connectivity index (χ2v) is 7.58. The predicted octanol–water partition coefficient (Wildman–Crippen LogP) is 3.67. The van der Waals surface area contributed by atoms with Crippen molar-refractivity contribution in [2.75, 3.05) is 26.2 Å². The normalized spacial score (nSPS) is 28.8. The Kier molecular flexibility index (Phi) is 5.39. The van der Waals surface area contributed by atoms with Crippen LogP contribution in [0.5, 0.6) is 0 Å². The van der Waals surface area contributed by atoms with Crippen LogP contribution in [-0.4, -0.2) is 37.1 Å². The van der Waals surface area contributed by atoms with Crippen molar-refractivity contribution in [1.82, 2.24) is 10.2 Å². The number of likely N-dealkylation sites (tertiary alicyclic amines) is 1. The monoisotopic (exact) mass is 278 g/mol. The minimum Gasteiger partial charge on any atom is -0.312 e. The average Bonchev–Trinajstić information content (AvgIpc) is 3.31. The van der Waals surface area contributed by atoms with Crippen LogP contribution < -0.4 is 5.32 Å². The van der Waals surface area contributed by atoms with Crippen LogP contribution in [0.3, 0.4) is 0 Å². The lowest BCUT2D eigenvalue weighted by Crippen LogP contribution is -2.39. The third kappa shape index (κ3) is 4.46. The predicted molar refractivity (Wildman–Crippen MR) is 85.9 cm³/mol. The summed E-state index contributed by atoms with van der Waals surface area (Å²) in [7, 11) is 0. The molecule has 2 aliphatic carbocycles. The van der Waals surface area contributed by atoms with E-state index in [2.05, 4.69) is 17.1 Å². The SMILES string of the molecule is CCCC1CCCN(CCNC(C2CC2)C2CC2)CC1. The van der Waals surface area contributed by atoms with Crippen molar-refractivity contribution < 1.29 is 0 Å². The maximum Gasteiger partial charge on any atom is 0.0124 e. The molecule has 20 heavy (non-hydrogen) atoms. The first-order valence-electron chi connectivity index (χ1n) is 9.32. The van der Waals surface area contributed by atoms with Gasteiger partial charge in [0.05, 0.1) is 0 Å². The molecule has 3 fully saturated rings. The molecule has 0 amide bonds. The Morgan fingerprint density at radius 3 is 2.40 bits per heavy atom. The van der Waals surface area contributed by atoms with E-state index in [1.54, 1.807) is 0 Å². The molecular formula is C18H34N2. The molecule has 2 nitrogen and oxygen atoms in total. The number of hydrogen-bond donors (Lipinski definition) is 1. The van der Waals surface area contributed by atoms with E-state index < -0.39 is 0 Å².